The van der Waals surface area contributed by atoms with Crippen molar-refractivity contribution in [2.45, 2.75) is 4.90 Å². The standard InChI is InChI=1S/C12H9FO3S/c13-10-6-7-11(9-4-2-1-3-5-9)12(8-10)17(14,15)16/h1-8H,(H,14,15,16). The molecule has 2 aromatic rings. The Kier molecular flexibility index (Phi) is 2.95. The van der Waals surface area contributed by atoms with E-state index < -0.39 is 20.8 Å². The van der Waals surface area contributed by atoms with Crippen LogP contribution < -0.4 is 0 Å². The molecule has 0 spiro atoms. The maximum atomic E-state index is 13.0. The number of rotatable bonds is 2. The zero-order valence-corrected chi connectivity index (χ0v) is 9.49. The van der Waals surface area contributed by atoms with Crippen LogP contribution in [0.2, 0.25) is 0 Å². The number of benzene rings is 2. The average molecular weight is 252 g/mol. The van der Waals surface area contributed by atoms with Gasteiger partial charge in [0.05, 0.1) is 0 Å². The fourth-order valence-corrected chi connectivity index (χ4v) is 2.29. The summed E-state index contributed by atoms with van der Waals surface area (Å²) < 4.78 is 44.4. The van der Waals surface area contributed by atoms with Crippen molar-refractivity contribution in [1.29, 1.82) is 0 Å². The fourth-order valence-electron chi connectivity index (χ4n) is 1.57. The summed E-state index contributed by atoms with van der Waals surface area (Å²) in [7, 11) is -4.44. The van der Waals surface area contributed by atoms with Crippen LogP contribution in [0, 0.1) is 5.82 Å². The summed E-state index contributed by atoms with van der Waals surface area (Å²) in [5, 5.41) is 0. The predicted molar refractivity (Wildman–Crippen MR) is 61.7 cm³/mol. The van der Waals surface area contributed by atoms with Gasteiger partial charge in [-0.15, -0.1) is 0 Å². The Hall–Kier alpha value is -1.72. The molecule has 2 rings (SSSR count). The highest BCUT2D eigenvalue weighted by atomic mass is 32.2. The lowest BCUT2D eigenvalue weighted by Gasteiger charge is -2.07. The molecule has 0 radical (unpaired) electrons. The van der Waals surface area contributed by atoms with Crippen molar-refractivity contribution < 1.29 is 17.4 Å². The van der Waals surface area contributed by atoms with Crippen molar-refractivity contribution in [3.05, 3.63) is 54.3 Å². The van der Waals surface area contributed by atoms with Gasteiger partial charge in [-0.05, 0) is 17.7 Å². The van der Waals surface area contributed by atoms with Crippen LogP contribution in [-0.2, 0) is 10.1 Å². The quantitative estimate of drug-likeness (QED) is 0.836. The van der Waals surface area contributed by atoms with Crippen molar-refractivity contribution in [2.75, 3.05) is 0 Å². The van der Waals surface area contributed by atoms with Gasteiger partial charge in [-0.1, -0.05) is 36.4 Å². The second-order valence-electron chi connectivity index (χ2n) is 3.48. The molecule has 0 bridgehead atoms. The van der Waals surface area contributed by atoms with Gasteiger partial charge in [-0.3, -0.25) is 4.55 Å². The van der Waals surface area contributed by atoms with Crippen LogP contribution in [0.5, 0.6) is 0 Å². The van der Waals surface area contributed by atoms with E-state index in [1.54, 1.807) is 30.3 Å². The lowest BCUT2D eigenvalue weighted by molar-refractivity contribution is 0.482. The van der Waals surface area contributed by atoms with Crippen LogP contribution in [-0.4, -0.2) is 13.0 Å². The molecule has 0 atom stereocenters. The zero-order chi connectivity index (χ0) is 12.5. The molecule has 17 heavy (non-hydrogen) atoms. The van der Waals surface area contributed by atoms with Crippen LogP contribution in [0.3, 0.4) is 0 Å². The first-order chi connectivity index (χ1) is 7.98. The van der Waals surface area contributed by atoms with Crippen molar-refractivity contribution in [3.8, 4) is 11.1 Å². The van der Waals surface area contributed by atoms with Crippen molar-refractivity contribution >= 4 is 10.1 Å². The van der Waals surface area contributed by atoms with Crippen molar-refractivity contribution in [2.24, 2.45) is 0 Å². The molecular weight excluding hydrogens is 243 g/mol. The first-order valence-corrected chi connectivity index (χ1v) is 6.25. The molecule has 0 fully saturated rings. The highest BCUT2D eigenvalue weighted by Crippen LogP contribution is 2.27. The second-order valence-corrected chi connectivity index (χ2v) is 4.87. The molecule has 2 aromatic carbocycles. The Balaban J connectivity index is 2.71. The average Bonchev–Trinajstić information content (AvgIpc) is 2.29. The van der Waals surface area contributed by atoms with E-state index in [-0.39, 0.29) is 5.56 Å². The summed E-state index contributed by atoms with van der Waals surface area (Å²) in [5.74, 6) is -0.711. The molecule has 0 aliphatic heterocycles. The molecule has 1 N–H and O–H groups in total. The highest BCUT2D eigenvalue weighted by molar-refractivity contribution is 7.86. The fraction of sp³-hybridized carbons (Fsp3) is 0. The van der Waals surface area contributed by atoms with Crippen LogP contribution >= 0.6 is 0 Å². The molecule has 5 heteroatoms. The molecule has 0 aliphatic rings. The van der Waals surface area contributed by atoms with E-state index >= 15 is 0 Å². The van der Waals surface area contributed by atoms with E-state index in [4.69, 9.17) is 4.55 Å². The largest absolute Gasteiger partial charge is 0.295 e. The lowest BCUT2D eigenvalue weighted by atomic mass is 10.1. The zero-order valence-electron chi connectivity index (χ0n) is 8.67. The van der Waals surface area contributed by atoms with E-state index in [0.717, 1.165) is 12.1 Å². The Morgan fingerprint density at radius 1 is 1.00 bits per heavy atom. The van der Waals surface area contributed by atoms with E-state index in [2.05, 4.69) is 0 Å². The first kappa shape index (κ1) is 11.8. The molecule has 0 heterocycles. The van der Waals surface area contributed by atoms with Crippen LogP contribution in [0.15, 0.2) is 53.4 Å². The minimum absolute atomic E-state index is 0.273. The minimum atomic E-state index is -4.44. The monoisotopic (exact) mass is 252 g/mol. The van der Waals surface area contributed by atoms with Gasteiger partial charge >= 0.3 is 0 Å². The Labute approximate surface area is 98.3 Å². The molecule has 88 valence electrons. The number of hydrogen-bond donors (Lipinski definition) is 1. The topological polar surface area (TPSA) is 54.4 Å². The predicted octanol–water partition coefficient (Wildman–Crippen LogP) is 2.74. The van der Waals surface area contributed by atoms with Gasteiger partial charge in [0, 0.05) is 5.56 Å². The van der Waals surface area contributed by atoms with Gasteiger partial charge in [0.2, 0.25) is 0 Å². The number of halogens is 1. The van der Waals surface area contributed by atoms with E-state index in [9.17, 15) is 12.8 Å². The summed E-state index contributed by atoms with van der Waals surface area (Å²) >= 11 is 0. The summed E-state index contributed by atoms with van der Waals surface area (Å²) in [6, 6.07) is 11.9. The molecule has 0 aliphatic carbocycles. The van der Waals surface area contributed by atoms with Crippen LogP contribution in [0.25, 0.3) is 11.1 Å². The molecule has 3 nitrogen and oxygen atoms in total. The van der Waals surface area contributed by atoms with E-state index in [0.29, 0.717) is 5.56 Å². The van der Waals surface area contributed by atoms with Crippen LogP contribution in [0.4, 0.5) is 4.39 Å². The molecule has 0 saturated heterocycles. The second kappa shape index (κ2) is 4.27. The SMILES string of the molecule is O=S(=O)(O)c1cc(F)ccc1-c1ccccc1. The normalized spacial score (nSPS) is 11.4. The lowest BCUT2D eigenvalue weighted by Crippen LogP contribution is -2.01. The van der Waals surface area contributed by atoms with Crippen molar-refractivity contribution in [3.63, 3.8) is 0 Å². The summed E-state index contributed by atoms with van der Waals surface area (Å²) in [5.41, 5.74) is 0.870. The summed E-state index contributed by atoms with van der Waals surface area (Å²) in [6.07, 6.45) is 0. The third-order valence-electron chi connectivity index (χ3n) is 2.31. The smallest absolute Gasteiger partial charge is 0.282 e. The van der Waals surface area contributed by atoms with Gasteiger partial charge < -0.3 is 0 Å². The third kappa shape index (κ3) is 2.51. The first-order valence-electron chi connectivity index (χ1n) is 4.81. The maximum Gasteiger partial charge on any atom is 0.295 e. The summed E-state index contributed by atoms with van der Waals surface area (Å²) in [6.45, 7) is 0. The van der Waals surface area contributed by atoms with Crippen LogP contribution in [0.1, 0.15) is 0 Å². The van der Waals surface area contributed by atoms with Gasteiger partial charge in [-0.25, -0.2) is 4.39 Å². The summed E-state index contributed by atoms with van der Waals surface area (Å²) in [4.78, 5) is -0.427. The van der Waals surface area contributed by atoms with E-state index in [1.165, 1.54) is 6.07 Å². The van der Waals surface area contributed by atoms with Crippen molar-refractivity contribution in [1.82, 2.24) is 0 Å². The Morgan fingerprint density at radius 3 is 2.24 bits per heavy atom. The van der Waals surface area contributed by atoms with Gasteiger partial charge in [0.25, 0.3) is 10.1 Å². The number of hydrogen-bond acceptors (Lipinski definition) is 2. The Bertz CT molecular complexity index is 636. The molecular formula is C12H9FO3S. The van der Waals surface area contributed by atoms with Gasteiger partial charge in [0.1, 0.15) is 10.7 Å². The highest BCUT2D eigenvalue weighted by Gasteiger charge is 2.17. The molecule has 0 amide bonds. The van der Waals surface area contributed by atoms with Gasteiger partial charge in [-0.2, -0.15) is 8.42 Å². The molecule has 0 aromatic heterocycles. The third-order valence-corrected chi connectivity index (χ3v) is 3.20. The minimum Gasteiger partial charge on any atom is -0.282 e. The Morgan fingerprint density at radius 2 is 1.65 bits per heavy atom. The molecule has 0 unspecified atom stereocenters. The molecule has 0 saturated carbocycles. The maximum absolute atomic E-state index is 13.0. The van der Waals surface area contributed by atoms with Gasteiger partial charge in [0.15, 0.2) is 0 Å². The van der Waals surface area contributed by atoms with E-state index in [1.807, 2.05) is 0 Å².